The van der Waals surface area contributed by atoms with Gasteiger partial charge in [-0.25, -0.2) is 0 Å². The van der Waals surface area contributed by atoms with Crippen LogP contribution in [0.3, 0.4) is 0 Å². The summed E-state index contributed by atoms with van der Waals surface area (Å²) in [6.07, 6.45) is 3.62. The lowest BCUT2D eigenvalue weighted by molar-refractivity contribution is -0.156. The molecule has 0 saturated heterocycles. The fourth-order valence-electron chi connectivity index (χ4n) is 1.79. The van der Waals surface area contributed by atoms with Crippen molar-refractivity contribution in [2.45, 2.75) is 45.6 Å². The van der Waals surface area contributed by atoms with Crippen molar-refractivity contribution in [2.24, 2.45) is 11.1 Å². The molecule has 0 heterocycles. The zero-order valence-electron chi connectivity index (χ0n) is 8.51. The third-order valence-corrected chi connectivity index (χ3v) is 2.90. The SMILES string of the molecule is CCOC(=O)[C@]1(C)CC[C@H](N)CC1. The van der Waals surface area contributed by atoms with E-state index >= 15 is 0 Å². The van der Waals surface area contributed by atoms with Crippen molar-refractivity contribution < 1.29 is 9.53 Å². The van der Waals surface area contributed by atoms with Gasteiger partial charge in [-0.3, -0.25) is 4.79 Å². The number of nitrogens with two attached hydrogens (primary N) is 1. The van der Waals surface area contributed by atoms with E-state index < -0.39 is 0 Å². The Kier molecular flexibility index (Phi) is 3.31. The van der Waals surface area contributed by atoms with Gasteiger partial charge in [0, 0.05) is 6.04 Å². The molecule has 1 saturated carbocycles. The third-order valence-electron chi connectivity index (χ3n) is 2.90. The standard InChI is InChI=1S/C10H19NO2/c1-3-13-9(12)10(2)6-4-8(11)5-7-10/h8H,3-7,11H2,1-2H3/t8-,10+. The van der Waals surface area contributed by atoms with Crippen LogP contribution in [0.15, 0.2) is 0 Å². The second kappa shape index (κ2) is 4.09. The maximum absolute atomic E-state index is 11.6. The molecule has 3 nitrogen and oxygen atoms in total. The first-order valence-corrected chi connectivity index (χ1v) is 5.01. The number of carbonyl (C=O) groups is 1. The summed E-state index contributed by atoms with van der Waals surface area (Å²) in [6.45, 7) is 4.30. The van der Waals surface area contributed by atoms with E-state index in [9.17, 15) is 4.79 Å². The number of ether oxygens (including phenoxy) is 1. The summed E-state index contributed by atoms with van der Waals surface area (Å²) < 4.78 is 5.04. The Hall–Kier alpha value is -0.570. The summed E-state index contributed by atoms with van der Waals surface area (Å²) in [6, 6.07) is 0.280. The molecule has 13 heavy (non-hydrogen) atoms. The Morgan fingerprint density at radius 3 is 2.54 bits per heavy atom. The molecule has 1 fully saturated rings. The van der Waals surface area contributed by atoms with Crippen molar-refractivity contribution in [3.05, 3.63) is 0 Å². The van der Waals surface area contributed by atoms with Crippen LogP contribution in [0.1, 0.15) is 39.5 Å². The largest absolute Gasteiger partial charge is 0.466 e. The lowest BCUT2D eigenvalue weighted by atomic mass is 9.74. The summed E-state index contributed by atoms with van der Waals surface area (Å²) in [7, 11) is 0. The van der Waals surface area contributed by atoms with Gasteiger partial charge in [-0.05, 0) is 39.5 Å². The molecule has 0 radical (unpaired) electrons. The molecule has 0 unspecified atom stereocenters. The van der Waals surface area contributed by atoms with E-state index in [4.69, 9.17) is 10.5 Å². The second-order valence-electron chi connectivity index (χ2n) is 4.12. The average Bonchev–Trinajstić information content (AvgIpc) is 2.11. The summed E-state index contributed by atoms with van der Waals surface area (Å²) in [5.74, 6) is -0.0538. The third kappa shape index (κ3) is 2.44. The topological polar surface area (TPSA) is 52.3 Å². The van der Waals surface area contributed by atoms with Crippen LogP contribution < -0.4 is 5.73 Å². The van der Waals surface area contributed by atoms with Gasteiger partial charge in [0.15, 0.2) is 0 Å². The van der Waals surface area contributed by atoms with Gasteiger partial charge in [0.25, 0.3) is 0 Å². The highest BCUT2D eigenvalue weighted by molar-refractivity contribution is 5.76. The molecule has 0 aromatic heterocycles. The molecule has 1 rings (SSSR count). The van der Waals surface area contributed by atoms with Crippen molar-refractivity contribution >= 4 is 5.97 Å². The first kappa shape index (κ1) is 10.5. The number of rotatable bonds is 2. The minimum Gasteiger partial charge on any atom is -0.466 e. The van der Waals surface area contributed by atoms with Gasteiger partial charge < -0.3 is 10.5 Å². The van der Waals surface area contributed by atoms with Gasteiger partial charge in [-0.15, -0.1) is 0 Å². The molecule has 0 aromatic rings. The Balaban J connectivity index is 2.51. The van der Waals surface area contributed by atoms with Crippen LogP contribution in [0.25, 0.3) is 0 Å². The van der Waals surface area contributed by atoms with E-state index in [-0.39, 0.29) is 17.4 Å². The van der Waals surface area contributed by atoms with E-state index in [1.54, 1.807) is 0 Å². The number of esters is 1. The van der Waals surface area contributed by atoms with Crippen molar-refractivity contribution in [1.82, 2.24) is 0 Å². The van der Waals surface area contributed by atoms with Crippen molar-refractivity contribution in [1.29, 1.82) is 0 Å². The molecule has 76 valence electrons. The molecular weight excluding hydrogens is 166 g/mol. The first-order chi connectivity index (χ1) is 6.08. The van der Waals surface area contributed by atoms with E-state index in [0.29, 0.717) is 6.61 Å². The molecule has 0 aromatic carbocycles. The minimum absolute atomic E-state index is 0.0538. The Bertz CT molecular complexity index is 183. The fourth-order valence-corrected chi connectivity index (χ4v) is 1.79. The number of carbonyl (C=O) groups excluding carboxylic acids is 1. The van der Waals surface area contributed by atoms with Crippen molar-refractivity contribution in [2.75, 3.05) is 6.61 Å². The number of hydrogen-bond acceptors (Lipinski definition) is 3. The highest BCUT2D eigenvalue weighted by Crippen LogP contribution is 2.36. The van der Waals surface area contributed by atoms with Crippen LogP contribution >= 0.6 is 0 Å². The predicted octanol–water partition coefficient (Wildman–Crippen LogP) is 1.46. The molecule has 0 atom stereocenters. The second-order valence-corrected chi connectivity index (χ2v) is 4.12. The monoisotopic (exact) mass is 185 g/mol. The van der Waals surface area contributed by atoms with Crippen LogP contribution in [0, 0.1) is 5.41 Å². The number of hydrogen-bond donors (Lipinski definition) is 1. The summed E-state index contributed by atoms with van der Waals surface area (Å²) >= 11 is 0. The Labute approximate surface area is 79.6 Å². The predicted molar refractivity (Wildman–Crippen MR) is 51.2 cm³/mol. The quantitative estimate of drug-likeness (QED) is 0.662. The maximum atomic E-state index is 11.6. The van der Waals surface area contributed by atoms with Crippen molar-refractivity contribution in [3.8, 4) is 0 Å². The smallest absolute Gasteiger partial charge is 0.311 e. The lowest BCUT2D eigenvalue weighted by Gasteiger charge is -2.33. The van der Waals surface area contributed by atoms with Gasteiger partial charge in [0.05, 0.1) is 12.0 Å². The van der Waals surface area contributed by atoms with Crippen LogP contribution in [0.5, 0.6) is 0 Å². The van der Waals surface area contributed by atoms with Gasteiger partial charge in [-0.2, -0.15) is 0 Å². The Morgan fingerprint density at radius 1 is 1.54 bits per heavy atom. The van der Waals surface area contributed by atoms with Gasteiger partial charge in [0.2, 0.25) is 0 Å². The molecular formula is C10H19NO2. The molecule has 0 aliphatic heterocycles. The zero-order chi connectivity index (χ0) is 9.90. The summed E-state index contributed by atoms with van der Waals surface area (Å²) in [4.78, 5) is 11.6. The van der Waals surface area contributed by atoms with Gasteiger partial charge in [-0.1, -0.05) is 0 Å². The zero-order valence-corrected chi connectivity index (χ0v) is 8.51. The molecule has 0 spiro atoms. The molecule has 1 aliphatic rings. The van der Waals surface area contributed by atoms with Crippen molar-refractivity contribution in [3.63, 3.8) is 0 Å². The van der Waals surface area contributed by atoms with Gasteiger partial charge in [0.1, 0.15) is 0 Å². The van der Waals surface area contributed by atoms with E-state index in [1.807, 2.05) is 13.8 Å². The average molecular weight is 185 g/mol. The van der Waals surface area contributed by atoms with Crippen LogP contribution in [-0.2, 0) is 9.53 Å². The fraction of sp³-hybridized carbons (Fsp3) is 0.900. The highest BCUT2D eigenvalue weighted by Gasteiger charge is 2.37. The van der Waals surface area contributed by atoms with E-state index in [2.05, 4.69) is 0 Å². The van der Waals surface area contributed by atoms with Crippen LogP contribution in [0.4, 0.5) is 0 Å². The summed E-state index contributed by atoms with van der Waals surface area (Å²) in [5.41, 5.74) is 5.51. The summed E-state index contributed by atoms with van der Waals surface area (Å²) in [5, 5.41) is 0. The Morgan fingerprint density at radius 2 is 2.08 bits per heavy atom. The molecule has 0 bridgehead atoms. The van der Waals surface area contributed by atoms with Gasteiger partial charge >= 0.3 is 5.97 Å². The normalized spacial score (nSPS) is 34.2. The minimum atomic E-state index is -0.272. The molecule has 2 N–H and O–H groups in total. The lowest BCUT2D eigenvalue weighted by Crippen LogP contribution is -2.38. The first-order valence-electron chi connectivity index (χ1n) is 5.01. The van der Waals surface area contributed by atoms with Crippen LogP contribution in [-0.4, -0.2) is 18.6 Å². The van der Waals surface area contributed by atoms with E-state index in [1.165, 1.54) is 0 Å². The van der Waals surface area contributed by atoms with E-state index in [0.717, 1.165) is 25.7 Å². The molecule has 3 heteroatoms. The van der Waals surface area contributed by atoms with Crippen LogP contribution in [0.2, 0.25) is 0 Å². The molecule has 0 amide bonds. The highest BCUT2D eigenvalue weighted by atomic mass is 16.5. The maximum Gasteiger partial charge on any atom is 0.311 e. The molecule has 1 aliphatic carbocycles.